The number of carbonyl (C=O) groups is 3. The smallest absolute Gasteiger partial charge is 0.342 e. The molecular formula is C22H22ClNO6. The summed E-state index contributed by atoms with van der Waals surface area (Å²) in [5.74, 6) is -1.75. The highest BCUT2D eigenvalue weighted by molar-refractivity contribution is 6.32. The van der Waals surface area contributed by atoms with Gasteiger partial charge in [-0.2, -0.15) is 0 Å². The molecule has 0 fully saturated rings. The molecule has 0 saturated heterocycles. The summed E-state index contributed by atoms with van der Waals surface area (Å²) in [5, 5.41) is 2.92. The van der Waals surface area contributed by atoms with E-state index in [0.717, 1.165) is 5.56 Å². The van der Waals surface area contributed by atoms with Crippen molar-refractivity contribution >= 4 is 29.4 Å². The SMILES string of the molecule is COC(=O)[C@H](Cc1ccccc1)NC(=O)c1cc(Cl)c2c(c1OC)C(=O)OC(C)C2. The number of rotatable bonds is 6. The van der Waals surface area contributed by atoms with Crippen molar-refractivity contribution in [2.75, 3.05) is 14.2 Å². The molecule has 1 aliphatic rings. The Bertz CT molecular complexity index is 975. The van der Waals surface area contributed by atoms with E-state index in [4.69, 9.17) is 25.8 Å². The molecule has 1 heterocycles. The van der Waals surface area contributed by atoms with Crippen molar-refractivity contribution in [3.8, 4) is 5.75 Å². The number of esters is 2. The summed E-state index contributed by atoms with van der Waals surface area (Å²) in [5.41, 5.74) is 1.59. The number of benzene rings is 2. The second-order valence-corrected chi connectivity index (χ2v) is 7.36. The van der Waals surface area contributed by atoms with E-state index >= 15 is 0 Å². The van der Waals surface area contributed by atoms with Gasteiger partial charge in [-0.15, -0.1) is 0 Å². The van der Waals surface area contributed by atoms with Gasteiger partial charge in [0.15, 0.2) is 0 Å². The van der Waals surface area contributed by atoms with Crippen LogP contribution in [0.2, 0.25) is 5.02 Å². The van der Waals surface area contributed by atoms with E-state index in [1.807, 2.05) is 30.3 Å². The number of cyclic esters (lactones) is 1. The molecule has 7 nitrogen and oxygen atoms in total. The van der Waals surface area contributed by atoms with Gasteiger partial charge < -0.3 is 19.5 Å². The first-order chi connectivity index (χ1) is 14.3. The van der Waals surface area contributed by atoms with Gasteiger partial charge in [0.2, 0.25) is 0 Å². The monoisotopic (exact) mass is 431 g/mol. The largest absolute Gasteiger partial charge is 0.495 e. The third kappa shape index (κ3) is 4.41. The molecule has 8 heteroatoms. The Morgan fingerprint density at radius 2 is 1.97 bits per heavy atom. The Balaban J connectivity index is 1.95. The van der Waals surface area contributed by atoms with Crippen molar-refractivity contribution in [2.24, 2.45) is 0 Å². The predicted molar refractivity (Wildman–Crippen MR) is 110 cm³/mol. The standard InChI is InChI=1S/C22H22ClNO6/c1-12-9-14-16(23)11-15(19(28-2)18(14)22(27)30-12)20(25)24-17(21(26)29-3)10-13-7-5-4-6-8-13/h4-8,11-12,17H,9-10H2,1-3H3,(H,24,25)/t12?,17-/m0/s1. The minimum Gasteiger partial charge on any atom is -0.495 e. The molecule has 1 amide bonds. The molecule has 0 saturated carbocycles. The molecule has 0 aliphatic carbocycles. The van der Waals surface area contributed by atoms with Gasteiger partial charge in [0.25, 0.3) is 5.91 Å². The van der Waals surface area contributed by atoms with Crippen LogP contribution in [0.3, 0.4) is 0 Å². The third-order valence-corrected chi connectivity index (χ3v) is 5.20. The minimum absolute atomic E-state index is 0.0368. The van der Waals surface area contributed by atoms with Crippen LogP contribution >= 0.6 is 11.6 Å². The average molecular weight is 432 g/mol. The molecule has 3 rings (SSSR count). The number of halogens is 1. The van der Waals surface area contributed by atoms with Gasteiger partial charge in [-0.25, -0.2) is 9.59 Å². The lowest BCUT2D eigenvalue weighted by atomic mass is 9.95. The number of hydrogen-bond donors (Lipinski definition) is 1. The maximum absolute atomic E-state index is 13.0. The van der Waals surface area contributed by atoms with Crippen LogP contribution in [0.1, 0.15) is 38.8 Å². The number of hydrogen-bond acceptors (Lipinski definition) is 6. The van der Waals surface area contributed by atoms with E-state index in [1.54, 1.807) is 6.92 Å². The van der Waals surface area contributed by atoms with Crippen LogP contribution in [0, 0.1) is 0 Å². The average Bonchev–Trinajstić information content (AvgIpc) is 2.73. The molecule has 2 aromatic carbocycles. The molecular weight excluding hydrogens is 410 g/mol. The van der Waals surface area contributed by atoms with Crippen LogP contribution in [0.25, 0.3) is 0 Å². The molecule has 2 atom stereocenters. The van der Waals surface area contributed by atoms with Gasteiger partial charge in [-0.05, 0) is 24.1 Å². The second-order valence-electron chi connectivity index (χ2n) is 6.95. The summed E-state index contributed by atoms with van der Waals surface area (Å²) in [7, 11) is 2.60. The number of amides is 1. The Morgan fingerprint density at radius 3 is 2.60 bits per heavy atom. The summed E-state index contributed by atoms with van der Waals surface area (Å²) in [6.45, 7) is 1.76. The van der Waals surface area contributed by atoms with Crippen LogP contribution in [-0.2, 0) is 27.1 Å². The highest BCUT2D eigenvalue weighted by Gasteiger charge is 2.33. The topological polar surface area (TPSA) is 90.9 Å². The summed E-state index contributed by atoms with van der Waals surface area (Å²) in [4.78, 5) is 37.8. The number of ether oxygens (including phenoxy) is 3. The normalized spacial score (nSPS) is 16.1. The number of carbonyl (C=O) groups excluding carboxylic acids is 3. The predicted octanol–water partition coefficient (Wildman–Crippen LogP) is 2.96. The zero-order valence-electron chi connectivity index (χ0n) is 16.9. The minimum atomic E-state index is -0.934. The van der Waals surface area contributed by atoms with Crippen molar-refractivity contribution in [1.29, 1.82) is 0 Å². The number of methoxy groups -OCH3 is 2. The van der Waals surface area contributed by atoms with Crippen LogP contribution in [-0.4, -0.2) is 44.2 Å². The quantitative estimate of drug-likeness (QED) is 0.707. The van der Waals surface area contributed by atoms with Gasteiger partial charge >= 0.3 is 11.9 Å². The first-order valence-corrected chi connectivity index (χ1v) is 9.76. The number of fused-ring (bicyclic) bond motifs is 1. The fraction of sp³-hybridized carbons (Fsp3) is 0.318. The molecule has 2 aromatic rings. The summed E-state index contributed by atoms with van der Waals surface area (Å²) in [6.07, 6.45) is 0.318. The van der Waals surface area contributed by atoms with Crippen molar-refractivity contribution in [2.45, 2.75) is 31.9 Å². The van der Waals surface area contributed by atoms with E-state index in [9.17, 15) is 14.4 Å². The van der Waals surface area contributed by atoms with E-state index in [1.165, 1.54) is 20.3 Å². The van der Waals surface area contributed by atoms with E-state index < -0.39 is 23.9 Å². The van der Waals surface area contributed by atoms with Crippen LogP contribution < -0.4 is 10.1 Å². The molecule has 158 valence electrons. The van der Waals surface area contributed by atoms with E-state index in [-0.39, 0.29) is 34.4 Å². The van der Waals surface area contributed by atoms with Gasteiger partial charge in [-0.3, -0.25) is 4.79 Å². The van der Waals surface area contributed by atoms with Crippen LogP contribution in [0.4, 0.5) is 0 Å². The third-order valence-electron chi connectivity index (χ3n) is 4.86. The maximum atomic E-state index is 13.0. The molecule has 1 unspecified atom stereocenters. The van der Waals surface area contributed by atoms with Gasteiger partial charge in [-0.1, -0.05) is 41.9 Å². The highest BCUT2D eigenvalue weighted by atomic mass is 35.5. The fourth-order valence-electron chi connectivity index (χ4n) is 3.46. The number of nitrogens with one attached hydrogen (secondary N) is 1. The Kier molecular flexibility index (Phi) is 6.62. The molecule has 0 bridgehead atoms. The molecule has 0 spiro atoms. The molecule has 0 aromatic heterocycles. The first kappa shape index (κ1) is 21.6. The lowest BCUT2D eigenvalue weighted by molar-refractivity contribution is -0.142. The summed E-state index contributed by atoms with van der Waals surface area (Å²) in [6, 6.07) is 9.72. The first-order valence-electron chi connectivity index (χ1n) is 9.38. The second kappa shape index (κ2) is 9.17. The highest BCUT2D eigenvalue weighted by Crippen LogP contribution is 2.37. The van der Waals surface area contributed by atoms with E-state index in [0.29, 0.717) is 12.0 Å². The van der Waals surface area contributed by atoms with Crippen molar-refractivity contribution in [3.05, 3.63) is 63.7 Å². The van der Waals surface area contributed by atoms with Gasteiger partial charge in [0.1, 0.15) is 23.5 Å². The lowest BCUT2D eigenvalue weighted by Crippen LogP contribution is -2.43. The van der Waals surface area contributed by atoms with E-state index in [2.05, 4.69) is 5.32 Å². The molecule has 1 aliphatic heterocycles. The zero-order chi connectivity index (χ0) is 21.8. The van der Waals surface area contributed by atoms with Gasteiger partial charge in [0.05, 0.1) is 19.8 Å². The molecule has 1 N–H and O–H groups in total. The van der Waals surface area contributed by atoms with Gasteiger partial charge in [0, 0.05) is 17.9 Å². The Morgan fingerprint density at radius 1 is 1.27 bits per heavy atom. The lowest BCUT2D eigenvalue weighted by Gasteiger charge is -2.26. The van der Waals surface area contributed by atoms with Crippen LogP contribution in [0.15, 0.2) is 36.4 Å². The molecule has 0 radical (unpaired) electrons. The fourth-order valence-corrected chi connectivity index (χ4v) is 3.74. The zero-order valence-corrected chi connectivity index (χ0v) is 17.6. The Labute approximate surface area is 179 Å². The van der Waals surface area contributed by atoms with Crippen LogP contribution in [0.5, 0.6) is 5.75 Å². The summed E-state index contributed by atoms with van der Waals surface area (Å²) < 4.78 is 15.5. The Hall–Kier alpha value is -3.06. The van der Waals surface area contributed by atoms with Crippen molar-refractivity contribution in [3.63, 3.8) is 0 Å². The summed E-state index contributed by atoms with van der Waals surface area (Å²) >= 11 is 6.37. The molecule has 30 heavy (non-hydrogen) atoms. The van der Waals surface area contributed by atoms with Crippen molar-refractivity contribution < 1.29 is 28.6 Å². The maximum Gasteiger partial charge on any atom is 0.342 e. The van der Waals surface area contributed by atoms with Crippen molar-refractivity contribution in [1.82, 2.24) is 5.32 Å².